The van der Waals surface area contributed by atoms with Crippen molar-refractivity contribution in [3.63, 3.8) is 0 Å². The van der Waals surface area contributed by atoms with Crippen molar-refractivity contribution in [3.05, 3.63) is 41.5 Å². The van der Waals surface area contributed by atoms with Gasteiger partial charge in [0.05, 0.1) is 0 Å². The normalized spacial score (nSPS) is 12.1. The van der Waals surface area contributed by atoms with E-state index >= 15 is 0 Å². The Kier molecular flexibility index (Phi) is 3.53. The summed E-state index contributed by atoms with van der Waals surface area (Å²) in [5, 5.41) is 2.92. The first-order chi connectivity index (χ1) is 7.95. The van der Waals surface area contributed by atoms with Crippen molar-refractivity contribution >= 4 is 35.3 Å². The molecule has 0 N–H and O–H groups in total. The van der Waals surface area contributed by atoms with E-state index in [4.69, 9.17) is 0 Å². The molecule has 0 atom stereocenters. The van der Waals surface area contributed by atoms with Gasteiger partial charge in [0, 0.05) is 0 Å². The van der Waals surface area contributed by atoms with Gasteiger partial charge in [-0.3, -0.25) is 0 Å². The Hall–Kier alpha value is -0.510. The second kappa shape index (κ2) is 4.63. The quantitative estimate of drug-likeness (QED) is 0.693. The molecule has 17 heavy (non-hydrogen) atoms. The fourth-order valence-electron chi connectivity index (χ4n) is 2.44. The third-order valence-corrected chi connectivity index (χ3v) is 5.52. The molecule has 0 unspecified atom stereocenters. The Morgan fingerprint density at radius 1 is 1.00 bits per heavy atom. The van der Waals surface area contributed by atoms with Gasteiger partial charge in [-0.1, -0.05) is 0 Å². The molecule has 0 bridgehead atoms. The van der Waals surface area contributed by atoms with Crippen LogP contribution in [-0.4, -0.2) is 20.9 Å². The zero-order valence-electron chi connectivity index (χ0n) is 11.3. The van der Waals surface area contributed by atoms with Crippen LogP contribution in [0.5, 0.6) is 0 Å². The number of hydrogen-bond donors (Lipinski definition) is 0. The molecule has 0 aromatic heterocycles. The van der Waals surface area contributed by atoms with Gasteiger partial charge < -0.3 is 0 Å². The van der Waals surface area contributed by atoms with Gasteiger partial charge in [0.15, 0.2) is 0 Å². The first kappa shape index (κ1) is 12.9. The van der Waals surface area contributed by atoms with Crippen LogP contribution in [0.3, 0.4) is 0 Å². The molecule has 0 heterocycles. The predicted octanol–water partition coefficient (Wildman–Crippen LogP) is 3.82. The Bertz CT molecular complexity index is 547. The number of fused-ring (bicyclic) bond motifs is 1. The number of hydrogen-bond acceptors (Lipinski definition) is 0. The maximum absolute atomic E-state index is 2.46. The molecule has 2 aromatic carbocycles. The SMILES string of the molecule is C[Te]c1cc(C(C)(C)C)c(C)c2ccccc12. The molecule has 0 amide bonds. The van der Waals surface area contributed by atoms with E-state index in [-0.39, 0.29) is 26.3 Å². The van der Waals surface area contributed by atoms with E-state index in [0.717, 1.165) is 0 Å². The molecule has 0 nitrogen and oxygen atoms in total. The molecular weight excluding hydrogens is 320 g/mol. The molecule has 0 saturated heterocycles. The second-order valence-electron chi connectivity index (χ2n) is 5.55. The van der Waals surface area contributed by atoms with Crippen LogP contribution in [0.15, 0.2) is 30.3 Å². The molecule has 0 saturated carbocycles. The van der Waals surface area contributed by atoms with Crippen LogP contribution in [0, 0.1) is 6.92 Å². The summed E-state index contributed by atoms with van der Waals surface area (Å²) in [6.45, 7) is 9.20. The van der Waals surface area contributed by atoms with E-state index in [0.29, 0.717) is 0 Å². The molecule has 0 aliphatic rings. The van der Waals surface area contributed by atoms with Gasteiger partial charge in [0.2, 0.25) is 0 Å². The predicted molar refractivity (Wildman–Crippen MR) is 78.6 cm³/mol. The van der Waals surface area contributed by atoms with E-state index in [1.807, 2.05) is 0 Å². The number of benzene rings is 2. The molecule has 1 heteroatoms. The molecule has 0 aliphatic carbocycles. The summed E-state index contributed by atoms with van der Waals surface area (Å²) in [7, 11) is 0. The van der Waals surface area contributed by atoms with Crippen molar-refractivity contribution in [1.82, 2.24) is 0 Å². The van der Waals surface area contributed by atoms with E-state index in [1.165, 1.54) is 21.9 Å². The molecule has 0 radical (unpaired) electrons. The third kappa shape index (κ3) is 2.37. The van der Waals surface area contributed by atoms with Gasteiger partial charge in [0.1, 0.15) is 0 Å². The summed E-state index contributed by atoms with van der Waals surface area (Å²) < 4.78 is 1.60. The minimum atomic E-state index is -0.0474. The van der Waals surface area contributed by atoms with Crippen molar-refractivity contribution in [2.24, 2.45) is 0 Å². The molecule has 2 rings (SSSR count). The fraction of sp³-hybridized carbons (Fsp3) is 0.375. The van der Waals surface area contributed by atoms with Crippen LogP contribution in [0.1, 0.15) is 31.9 Å². The molecule has 2 aromatic rings. The average Bonchev–Trinajstić information content (AvgIpc) is 2.28. The first-order valence-electron chi connectivity index (χ1n) is 6.02. The number of rotatable bonds is 1. The zero-order valence-corrected chi connectivity index (χ0v) is 13.6. The van der Waals surface area contributed by atoms with Crippen LogP contribution < -0.4 is 3.61 Å². The van der Waals surface area contributed by atoms with Gasteiger partial charge in [-0.25, -0.2) is 0 Å². The van der Waals surface area contributed by atoms with Crippen molar-refractivity contribution in [2.45, 2.75) is 38.1 Å². The average molecular weight is 340 g/mol. The van der Waals surface area contributed by atoms with Crippen molar-refractivity contribution in [2.75, 3.05) is 0 Å². The maximum atomic E-state index is 2.46. The Balaban J connectivity index is 2.85. The standard InChI is InChI=1S/C16H20Te/c1-11-12-8-6-7-9-13(12)15(17-5)10-14(11)16(2,3)4/h6-10H,1-5H3. The van der Waals surface area contributed by atoms with Crippen LogP contribution in [0.2, 0.25) is 4.97 Å². The summed E-state index contributed by atoms with van der Waals surface area (Å²) in [6, 6.07) is 11.3. The Labute approximate surface area is 115 Å². The zero-order chi connectivity index (χ0) is 12.6. The van der Waals surface area contributed by atoms with Gasteiger partial charge >= 0.3 is 115 Å². The topological polar surface area (TPSA) is 0 Å². The van der Waals surface area contributed by atoms with Crippen molar-refractivity contribution < 1.29 is 0 Å². The molecule has 0 fully saturated rings. The summed E-state index contributed by atoms with van der Waals surface area (Å²) >= 11 is -0.0474. The molecular formula is C16H20Te. The Morgan fingerprint density at radius 3 is 2.12 bits per heavy atom. The van der Waals surface area contributed by atoms with Gasteiger partial charge in [-0.2, -0.15) is 0 Å². The van der Waals surface area contributed by atoms with Crippen LogP contribution in [0.4, 0.5) is 0 Å². The van der Waals surface area contributed by atoms with E-state index in [9.17, 15) is 0 Å². The molecule has 90 valence electrons. The monoisotopic (exact) mass is 342 g/mol. The Morgan fingerprint density at radius 2 is 1.59 bits per heavy atom. The van der Waals surface area contributed by atoms with Crippen molar-refractivity contribution in [1.29, 1.82) is 0 Å². The van der Waals surface area contributed by atoms with Crippen LogP contribution >= 0.6 is 0 Å². The first-order valence-corrected chi connectivity index (χ1v) is 9.51. The van der Waals surface area contributed by atoms with Gasteiger partial charge in [-0.05, 0) is 0 Å². The van der Waals surface area contributed by atoms with E-state index < -0.39 is 0 Å². The fourth-order valence-corrected chi connectivity index (χ4v) is 4.24. The van der Waals surface area contributed by atoms with Gasteiger partial charge in [0.25, 0.3) is 0 Å². The molecule has 0 aliphatic heterocycles. The van der Waals surface area contributed by atoms with Crippen molar-refractivity contribution in [3.8, 4) is 0 Å². The minimum absolute atomic E-state index is 0.0474. The van der Waals surface area contributed by atoms with Crippen LogP contribution in [0.25, 0.3) is 10.8 Å². The third-order valence-electron chi connectivity index (χ3n) is 3.30. The summed E-state index contributed by atoms with van der Waals surface area (Å²) in [4.78, 5) is 2.37. The van der Waals surface area contributed by atoms with Gasteiger partial charge in [-0.15, -0.1) is 0 Å². The van der Waals surface area contributed by atoms with E-state index in [2.05, 4.69) is 63.0 Å². The summed E-state index contributed by atoms with van der Waals surface area (Å²) in [5.74, 6) is 0. The summed E-state index contributed by atoms with van der Waals surface area (Å²) in [5.41, 5.74) is 3.21. The van der Waals surface area contributed by atoms with Crippen LogP contribution in [-0.2, 0) is 5.41 Å². The van der Waals surface area contributed by atoms with E-state index in [1.54, 1.807) is 3.61 Å². The molecule has 0 spiro atoms. The summed E-state index contributed by atoms with van der Waals surface area (Å²) in [6.07, 6.45) is 0. The second-order valence-corrected chi connectivity index (χ2v) is 7.97. The number of aryl methyl sites for hydroxylation is 1.